The van der Waals surface area contributed by atoms with Gasteiger partial charge in [-0.05, 0) is 28.3 Å². The second-order valence-corrected chi connectivity index (χ2v) is 6.58. The molecule has 0 saturated carbocycles. The van der Waals surface area contributed by atoms with Gasteiger partial charge >= 0.3 is 5.97 Å². The van der Waals surface area contributed by atoms with Crippen molar-refractivity contribution in [2.24, 2.45) is 0 Å². The van der Waals surface area contributed by atoms with Crippen molar-refractivity contribution in [1.29, 1.82) is 0 Å². The molecule has 0 bridgehead atoms. The highest BCUT2D eigenvalue weighted by Gasteiger charge is 2.32. The fourth-order valence-electron chi connectivity index (χ4n) is 3.64. The summed E-state index contributed by atoms with van der Waals surface area (Å²) in [6.07, 6.45) is 1.15. The number of hydrogen-bond donors (Lipinski definition) is 1. The van der Waals surface area contributed by atoms with Gasteiger partial charge < -0.3 is 14.7 Å². The van der Waals surface area contributed by atoms with Crippen LogP contribution in [0, 0.1) is 0 Å². The van der Waals surface area contributed by atoms with Gasteiger partial charge in [-0.15, -0.1) is 0 Å². The monoisotopic (exact) mass is 337 g/mol. The zero-order valence-electron chi connectivity index (χ0n) is 13.8. The normalized spacial score (nSPS) is 18.2. The summed E-state index contributed by atoms with van der Waals surface area (Å²) in [5.41, 5.74) is 3.81. The minimum atomic E-state index is -0.889. The Kier molecular flexibility index (Phi) is 3.92. The molecule has 1 unspecified atom stereocenters. The molecule has 128 valence electrons. The molecular formula is C20H19NO4. The summed E-state index contributed by atoms with van der Waals surface area (Å²) in [5.74, 6) is -0.699. The van der Waals surface area contributed by atoms with Crippen LogP contribution in [0.1, 0.15) is 28.2 Å². The van der Waals surface area contributed by atoms with Gasteiger partial charge in [0.1, 0.15) is 5.75 Å². The fraction of sp³-hybridized carbons (Fsp3) is 0.300. The van der Waals surface area contributed by atoms with E-state index in [9.17, 15) is 14.7 Å². The van der Waals surface area contributed by atoms with E-state index < -0.39 is 11.9 Å². The number of aliphatic carboxylic acids is 1. The molecule has 25 heavy (non-hydrogen) atoms. The van der Waals surface area contributed by atoms with Crippen LogP contribution in [-0.2, 0) is 29.0 Å². The Hall–Kier alpha value is -2.82. The Morgan fingerprint density at radius 3 is 2.84 bits per heavy atom. The van der Waals surface area contributed by atoms with Gasteiger partial charge in [-0.1, -0.05) is 36.4 Å². The van der Waals surface area contributed by atoms with Gasteiger partial charge in [0.05, 0.1) is 18.9 Å². The average Bonchev–Trinajstić information content (AvgIpc) is 3.08. The maximum atomic E-state index is 12.7. The van der Waals surface area contributed by atoms with Crippen LogP contribution < -0.4 is 4.74 Å². The molecule has 0 fully saturated rings. The zero-order valence-corrected chi connectivity index (χ0v) is 13.8. The second kappa shape index (κ2) is 6.24. The quantitative estimate of drug-likeness (QED) is 0.934. The van der Waals surface area contributed by atoms with Crippen molar-refractivity contribution < 1.29 is 19.4 Å². The summed E-state index contributed by atoms with van der Waals surface area (Å²) in [4.78, 5) is 26.0. The van der Waals surface area contributed by atoms with Crippen molar-refractivity contribution in [2.75, 3.05) is 13.2 Å². The van der Waals surface area contributed by atoms with Crippen molar-refractivity contribution in [3.8, 4) is 5.75 Å². The third-order valence-corrected chi connectivity index (χ3v) is 4.95. The molecule has 1 N–H and O–H groups in total. The number of nitrogens with zero attached hydrogens (tertiary/aromatic N) is 1. The predicted molar refractivity (Wildman–Crippen MR) is 91.6 cm³/mol. The minimum absolute atomic E-state index is 0.0420. The lowest BCUT2D eigenvalue weighted by atomic mass is 9.89. The van der Waals surface area contributed by atoms with Crippen LogP contribution in [0.5, 0.6) is 5.75 Å². The third-order valence-electron chi connectivity index (χ3n) is 4.95. The van der Waals surface area contributed by atoms with E-state index in [0.717, 1.165) is 34.4 Å². The lowest BCUT2D eigenvalue weighted by Crippen LogP contribution is -2.41. The first-order chi connectivity index (χ1) is 12.1. The standard InChI is InChI=1S/C20H19NO4/c22-19(10-13-5-6-18-14(9-13)7-8-25-18)21-11-15-3-1-2-4-16(15)17(12-21)20(23)24/h1-6,9,17H,7-8,10-12H2,(H,23,24). The summed E-state index contributed by atoms with van der Waals surface area (Å²) < 4.78 is 5.49. The van der Waals surface area contributed by atoms with Gasteiger partial charge in [0.2, 0.25) is 5.91 Å². The first-order valence-corrected chi connectivity index (χ1v) is 8.45. The molecule has 5 heteroatoms. The largest absolute Gasteiger partial charge is 0.493 e. The van der Waals surface area contributed by atoms with E-state index in [0.29, 0.717) is 13.2 Å². The van der Waals surface area contributed by atoms with Crippen LogP contribution in [0.2, 0.25) is 0 Å². The maximum Gasteiger partial charge on any atom is 0.312 e. The molecule has 0 aliphatic carbocycles. The molecule has 2 aliphatic rings. The zero-order chi connectivity index (χ0) is 17.4. The topological polar surface area (TPSA) is 66.8 Å². The van der Waals surface area contributed by atoms with Crippen molar-refractivity contribution in [3.63, 3.8) is 0 Å². The smallest absolute Gasteiger partial charge is 0.312 e. The van der Waals surface area contributed by atoms with Crippen molar-refractivity contribution >= 4 is 11.9 Å². The number of hydrogen-bond acceptors (Lipinski definition) is 3. The highest BCUT2D eigenvalue weighted by Crippen LogP contribution is 2.30. The van der Waals surface area contributed by atoms with Gasteiger partial charge in [-0.3, -0.25) is 9.59 Å². The number of carboxylic acids is 1. The molecule has 2 heterocycles. The molecule has 0 saturated heterocycles. The molecule has 1 amide bonds. The Labute approximate surface area is 145 Å². The summed E-state index contributed by atoms with van der Waals surface area (Å²) in [6, 6.07) is 13.3. The van der Waals surface area contributed by atoms with Crippen molar-refractivity contribution in [3.05, 3.63) is 64.7 Å². The number of rotatable bonds is 3. The van der Waals surface area contributed by atoms with Crippen LogP contribution in [0.3, 0.4) is 0 Å². The first-order valence-electron chi connectivity index (χ1n) is 8.45. The van der Waals surface area contributed by atoms with E-state index in [4.69, 9.17) is 4.74 Å². The third kappa shape index (κ3) is 2.97. The summed E-state index contributed by atoms with van der Waals surface area (Å²) in [7, 11) is 0. The van der Waals surface area contributed by atoms with Crippen molar-refractivity contribution in [1.82, 2.24) is 4.90 Å². The Morgan fingerprint density at radius 2 is 2.00 bits per heavy atom. The molecule has 4 rings (SSSR count). The molecule has 0 spiro atoms. The van der Waals surface area contributed by atoms with Crippen LogP contribution >= 0.6 is 0 Å². The van der Waals surface area contributed by atoms with Gasteiger partial charge in [-0.25, -0.2) is 0 Å². The fourth-order valence-corrected chi connectivity index (χ4v) is 3.64. The maximum absolute atomic E-state index is 12.7. The molecule has 2 aromatic carbocycles. The summed E-state index contributed by atoms with van der Waals surface area (Å²) in [5, 5.41) is 9.53. The second-order valence-electron chi connectivity index (χ2n) is 6.58. The van der Waals surface area contributed by atoms with Crippen LogP contribution in [-0.4, -0.2) is 35.0 Å². The van der Waals surface area contributed by atoms with Gasteiger partial charge in [0, 0.05) is 19.5 Å². The first kappa shape index (κ1) is 15.7. The van der Waals surface area contributed by atoms with Crippen LogP contribution in [0.15, 0.2) is 42.5 Å². The average molecular weight is 337 g/mol. The number of ether oxygens (including phenoxy) is 1. The van der Waals surface area contributed by atoms with E-state index in [2.05, 4.69) is 0 Å². The predicted octanol–water partition coefficient (Wildman–Crippen LogP) is 2.37. The molecule has 2 aliphatic heterocycles. The van der Waals surface area contributed by atoms with Gasteiger partial charge in [-0.2, -0.15) is 0 Å². The van der Waals surface area contributed by atoms with E-state index in [1.165, 1.54) is 0 Å². The minimum Gasteiger partial charge on any atom is -0.493 e. The number of fused-ring (bicyclic) bond motifs is 2. The van der Waals surface area contributed by atoms with Crippen LogP contribution in [0.4, 0.5) is 0 Å². The molecule has 5 nitrogen and oxygen atoms in total. The lowest BCUT2D eigenvalue weighted by molar-refractivity contribution is -0.141. The molecule has 0 radical (unpaired) electrons. The summed E-state index contributed by atoms with van der Waals surface area (Å²) in [6.45, 7) is 1.38. The number of carbonyl (C=O) groups excluding carboxylic acids is 1. The summed E-state index contributed by atoms with van der Waals surface area (Å²) >= 11 is 0. The van der Waals surface area contributed by atoms with E-state index in [1.807, 2.05) is 42.5 Å². The number of carboxylic acid groups (broad SMARTS) is 1. The Balaban J connectivity index is 1.54. The SMILES string of the molecule is O=C(O)C1CN(C(=O)Cc2ccc3c(c2)CCO3)Cc2ccccc21. The van der Waals surface area contributed by atoms with E-state index in [1.54, 1.807) is 4.90 Å². The van der Waals surface area contributed by atoms with Crippen LogP contribution in [0.25, 0.3) is 0 Å². The number of benzene rings is 2. The molecule has 2 aromatic rings. The Bertz CT molecular complexity index is 845. The highest BCUT2D eigenvalue weighted by atomic mass is 16.5. The molecule has 0 aromatic heterocycles. The van der Waals surface area contributed by atoms with Crippen molar-refractivity contribution in [2.45, 2.75) is 25.3 Å². The number of carbonyl (C=O) groups is 2. The highest BCUT2D eigenvalue weighted by molar-refractivity contribution is 5.83. The van der Waals surface area contributed by atoms with Gasteiger partial charge in [0.25, 0.3) is 0 Å². The number of amides is 1. The van der Waals surface area contributed by atoms with E-state index in [-0.39, 0.29) is 18.9 Å². The molecular weight excluding hydrogens is 318 g/mol. The Morgan fingerprint density at radius 1 is 1.16 bits per heavy atom. The van der Waals surface area contributed by atoms with E-state index >= 15 is 0 Å². The van der Waals surface area contributed by atoms with Gasteiger partial charge in [0.15, 0.2) is 0 Å². The lowest BCUT2D eigenvalue weighted by Gasteiger charge is -2.33. The molecule has 1 atom stereocenters.